The first kappa shape index (κ1) is 15.9. The Morgan fingerprint density at radius 2 is 0.714 bits per heavy atom. The first-order valence-corrected chi connectivity index (χ1v) is 4.73. The normalized spacial score (nSPS) is 8.00. The van der Waals surface area contributed by atoms with E-state index < -0.39 is 14.8 Å². The summed E-state index contributed by atoms with van der Waals surface area (Å²) in [5.74, 6) is 0. The van der Waals surface area contributed by atoms with Gasteiger partial charge in [-0.1, -0.05) is 0 Å². The molecule has 0 aromatic rings. The van der Waals surface area contributed by atoms with E-state index >= 15 is 0 Å². The molecule has 0 heterocycles. The van der Waals surface area contributed by atoms with Crippen LogP contribution in [0.4, 0.5) is 0 Å². The van der Waals surface area contributed by atoms with Gasteiger partial charge in [0.15, 0.2) is 0 Å². The average molecular weight is 290 g/mol. The van der Waals surface area contributed by atoms with Crippen molar-refractivity contribution in [3.05, 3.63) is 0 Å². The number of hydrogen-bond acceptors (Lipinski definition) is 4. The van der Waals surface area contributed by atoms with Gasteiger partial charge in [0, 0.05) is 0 Å². The van der Waals surface area contributed by atoms with Gasteiger partial charge in [-0.3, -0.25) is 0 Å². The molecule has 0 saturated heterocycles. The molecular formula is H4O6Os. The topological polar surface area (TPSA) is 131 Å². The van der Waals surface area contributed by atoms with Gasteiger partial charge in [0.05, 0.1) is 0 Å². The van der Waals surface area contributed by atoms with Gasteiger partial charge in [0.25, 0.3) is 0 Å². The summed E-state index contributed by atoms with van der Waals surface area (Å²) in [6.45, 7) is 0. The third-order valence-corrected chi connectivity index (χ3v) is 0. The third-order valence-electron chi connectivity index (χ3n) is 0. The molecule has 0 aliphatic carbocycles. The van der Waals surface area contributed by atoms with Crippen molar-refractivity contribution in [1.29, 1.82) is 0 Å². The van der Waals surface area contributed by atoms with Gasteiger partial charge < -0.3 is 11.0 Å². The van der Waals surface area contributed by atoms with Crippen LogP contribution in [0.1, 0.15) is 0 Å². The van der Waals surface area contributed by atoms with Gasteiger partial charge in [0.2, 0.25) is 0 Å². The summed E-state index contributed by atoms with van der Waals surface area (Å²) in [4.78, 5) is 0. The molecule has 7 heavy (non-hydrogen) atoms. The van der Waals surface area contributed by atoms with Gasteiger partial charge in [0.1, 0.15) is 0 Å². The number of hydrogen-bond donors (Lipinski definition) is 0. The van der Waals surface area contributed by atoms with Crippen molar-refractivity contribution in [2.24, 2.45) is 0 Å². The second kappa shape index (κ2) is 3.93. The van der Waals surface area contributed by atoms with Gasteiger partial charge in [-0.2, -0.15) is 0 Å². The predicted molar refractivity (Wildman–Crippen MR) is 9.97 cm³/mol. The zero-order valence-electron chi connectivity index (χ0n) is 2.99. The molecule has 4 N–H and O–H groups in total. The molecule has 0 spiro atoms. The van der Waals surface area contributed by atoms with Crippen LogP contribution in [-0.2, 0) is 29.0 Å². The molecule has 0 aliphatic heterocycles. The number of rotatable bonds is 0. The van der Waals surface area contributed by atoms with E-state index in [0.29, 0.717) is 0 Å². The standard InChI is InChI=1S/2H2O.4O.Os/h2*1H2;;;;;. The summed E-state index contributed by atoms with van der Waals surface area (Å²) < 4.78 is 34.5. The van der Waals surface area contributed by atoms with Crippen LogP contribution in [0.5, 0.6) is 0 Å². The summed E-state index contributed by atoms with van der Waals surface area (Å²) in [6, 6.07) is 0. The molecule has 0 fully saturated rings. The molecule has 0 unspecified atom stereocenters. The molecule has 0 atom stereocenters. The zero-order valence-corrected chi connectivity index (χ0v) is 5.53. The molecule has 0 saturated carbocycles. The summed E-state index contributed by atoms with van der Waals surface area (Å²) in [5, 5.41) is 0. The van der Waals surface area contributed by atoms with Crippen LogP contribution in [0.25, 0.3) is 0 Å². The van der Waals surface area contributed by atoms with Crippen molar-refractivity contribution in [2.45, 2.75) is 0 Å². The fourth-order valence-electron chi connectivity index (χ4n) is 0. The molecule has 0 radical (unpaired) electrons. The molecule has 48 valence electrons. The maximum absolute atomic E-state index is 8.63. The molecule has 0 rings (SSSR count). The van der Waals surface area contributed by atoms with Crippen LogP contribution in [0.15, 0.2) is 0 Å². The Balaban J connectivity index is -0.0000000800. The molecule has 0 amide bonds. The first-order valence-electron chi connectivity index (χ1n) is 0.577. The van der Waals surface area contributed by atoms with Gasteiger partial charge in [-0.15, -0.1) is 0 Å². The van der Waals surface area contributed by atoms with E-state index in [1.807, 2.05) is 0 Å². The SMILES string of the molecule is O.O.[O]=[Os](=[O])(=[O])=[O]. The molecule has 0 aromatic carbocycles. The van der Waals surface area contributed by atoms with Crippen LogP contribution in [0.3, 0.4) is 0 Å². The molecular weight excluding hydrogens is 286 g/mol. The van der Waals surface area contributed by atoms with E-state index in [2.05, 4.69) is 0 Å². The second-order valence-corrected chi connectivity index (χ2v) is 2.89. The van der Waals surface area contributed by atoms with Crippen molar-refractivity contribution in [1.82, 2.24) is 0 Å². The molecule has 0 aliphatic rings. The van der Waals surface area contributed by atoms with Gasteiger partial charge in [-0.25, -0.2) is 0 Å². The van der Waals surface area contributed by atoms with Crippen molar-refractivity contribution in [3.63, 3.8) is 0 Å². The minimum absolute atomic E-state index is 0. The van der Waals surface area contributed by atoms with Crippen molar-refractivity contribution >= 4 is 0 Å². The van der Waals surface area contributed by atoms with E-state index in [9.17, 15) is 0 Å². The third kappa shape index (κ3) is 1370. The Labute approximate surface area is 40.7 Å². The Hall–Kier alpha value is -0.244. The van der Waals surface area contributed by atoms with E-state index in [0.717, 1.165) is 0 Å². The fourth-order valence-corrected chi connectivity index (χ4v) is 0. The Morgan fingerprint density at radius 1 is 0.714 bits per heavy atom. The van der Waals surface area contributed by atoms with E-state index in [1.165, 1.54) is 0 Å². The minimum atomic E-state index is -6.06. The van der Waals surface area contributed by atoms with E-state index in [4.69, 9.17) is 14.2 Å². The van der Waals surface area contributed by atoms with Crippen molar-refractivity contribution < 1.29 is 39.9 Å². The van der Waals surface area contributed by atoms with Crippen LogP contribution in [-0.4, -0.2) is 11.0 Å². The second-order valence-electron chi connectivity index (χ2n) is 0.354. The molecule has 6 nitrogen and oxygen atoms in total. The zero-order chi connectivity index (χ0) is 4.50. The molecule has 0 bridgehead atoms. The van der Waals surface area contributed by atoms with Crippen molar-refractivity contribution in [3.8, 4) is 0 Å². The molecule has 7 heteroatoms. The first-order chi connectivity index (χ1) is 2.00. The average Bonchev–Trinajstić information content (AvgIpc) is 0.722. The van der Waals surface area contributed by atoms with Crippen LogP contribution in [0, 0.1) is 0 Å². The Morgan fingerprint density at radius 3 is 0.714 bits per heavy atom. The molecule has 0 aromatic heterocycles. The van der Waals surface area contributed by atoms with E-state index in [1.54, 1.807) is 0 Å². The monoisotopic (exact) mass is 292 g/mol. The van der Waals surface area contributed by atoms with Crippen LogP contribution < -0.4 is 0 Å². The van der Waals surface area contributed by atoms with Crippen LogP contribution in [0.2, 0.25) is 0 Å². The van der Waals surface area contributed by atoms with Crippen LogP contribution >= 0.6 is 0 Å². The van der Waals surface area contributed by atoms with Gasteiger partial charge >= 0.3 is 29.0 Å². The Bertz CT molecular complexity index is 155. The summed E-state index contributed by atoms with van der Waals surface area (Å²) >= 11 is -6.06. The summed E-state index contributed by atoms with van der Waals surface area (Å²) in [6.07, 6.45) is 0. The Kier molecular flexibility index (Phi) is 8.91. The predicted octanol–water partition coefficient (Wildman–Crippen LogP) is -2.13. The van der Waals surface area contributed by atoms with Gasteiger partial charge in [-0.05, 0) is 0 Å². The summed E-state index contributed by atoms with van der Waals surface area (Å²) in [5.41, 5.74) is 0. The quantitative estimate of drug-likeness (QED) is 0.504. The fraction of sp³-hybridized carbons (Fsp3) is 0. The maximum atomic E-state index is 8.63. The van der Waals surface area contributed by atoms with E-state index in [-0.39, 0.29) is 11.0 Å². The summed E-state index contributed by atoms with van der Waals surface area (Å²) in [7, 11) is 0. The van der Waals surface area contributed by atoms with Crippen molar-refractivity contribution in [2.75, 3.05) is 0 Å².